The van der Waals surface area contributed by atoms with Crippen molar-refractivity contribution in [1.82, 2.24) is 10.2 Å². The summed E-state index contributed by atoms with van der Waals surface area (Å²) in [6.07, 6.45) is 0.163. The standard InChI is InChI=1S/C24H32BrN3O3/c1-5-27(6-2)14-15-28(21-9-7-8-20(25)16-21)24(30)17-23(26-18(3)29)19-10-12-22(31-4)13-11-19/h7-13,16,23H,5-6,14-15,17H2,1-4H3,(H,26,29). The SMILES string of the molecule is CCN(CC)CCN(C(=O)CC(NC(C)=O)c1ccc(OC)cc1)c1cccc(Br)c1. The summed E-state index contributed by atoms with van der Waals surface area (Å²) in [5, 5.41) is 2.92. The molecule has 0 heterocycles. The molecule has 1 atom stereocenters. The molecule has 0 aliphatic rings. The third-order valence-electron chi connectivity index (χ3n) is 5.23. The number of halogens is 1. The Morgan fingerprint density at radius 1 is 1.06 bits per heavy atom. The number of amides is 2. The van der Waals surface area contributed by atoms with Crippen molar-refractivity contribution in [3.63, 3.8) is 0 Å². The first-order valence-electron chi connectivity index (χ1n) is 10.6. The van der Waals surface area contributed by atoms with Crippen LogP contribution in [0.3, 0.4) is 0 Å². The van der Waals surface area contributed by atoms with Crippen LogP contribution in [-0.4, -0.2) is 50.0 Å². The first kappa shape index (κ1) is 24.9. The molecule has 0 fully saturated rings. The summed E-state index contributed by atoms with van der Waals surface area (Å²) >= 11 is 3.50. The van der Waals surface area contributed by atoms with Gasteiger partial charge in [-0.05, 0) is 49.0 Å². The molecule has 0 aliphatic carbocycles. The van der Waals surface area contributed by atoms with Crippen LogP contribution >= 0.6 is 15.9 Å². The zero-order chi connectivity index (χ0) is 22.8. The maximum absolute atomic E-state index is 13.4. The predicted octanol–water partition coefficient (Wildman–Crippen LogP) is 4.40. The van der Waals surface area contributed by atoms with Crippen LogP contribution in [0.25, 0.3) is 0 Å². The molecule has 1 N–H and O–H groups in total. The zero-order valence-corrected chi connectivity index (χ0v) is 20.3. The summed E-state index contributed by atoms with van der Waals surface area (Å²) in [5.74, 6) is 0.511. The van der Waals surface area contributed by atoms with Crippen LogP contribution in [0.4, 0.5) is 5.69 Å². The van der Waals surface area contributed by atoms with Gasteiger partial charge in [0.25, 0.3) is 0 Å². The van der Waals surface area contributed by atoms with Gasteiger partial charge in [0.05, 0.1) is 19.6 Å². The summed E-state index contributed by atoms with van der Waals surface area (Å²) in [6, 6.07) is 14.8. The van der Waals surface area contributed by atoms with Crippen molar-refractivity contribution in [3.8, 4) is 5.75 Å². The lowest BCUT2D eigenvalue weighted by Crippen LogP contribution is -2.40. The highest BCUT2D eigenvalue weighted by Crippen LogP contribution is 2.25. The fourth-order valence-corrected chi connectivity index (χ4v) is 3.83. The number of hydrogen-bond donors (Lipinski definition) is 1. The van der Waals surface area contributed by atoms with E-state index in [0.29, 0.717) is 6.54 Å². The molecule has 0 aromatic heterocycles. The highest BCUT2D eigenvalue weighted by molar-refractivity contribution is 9.10. The zero-order valence-electron chi connectivity index (χ0n) is 18.7. The Bertz CT molecular complexity index is 853. The Labute approximate surface area is 193 Å². The molecular weight excluding hydrogens is 458 g/mol. The number of nitrogens with one attached hydrogen (secondary N) is 1. The fraction of sp³-hybridized carbons (Fsp3) is 0.417. The molecule has 2 aromatic carbocycles. The van der Waals surface area contributed by atoms with Gasteiger partial charge >= 0.3 is 0 Å². The molecule has 2 amide bonds. The second-order valence-corrected chi connectivity index (χ2v) is 8.20. The Morgan fingerprint density at radius 2 is 1.74 bits per heavy atom. The van der Waals surface area contributed by atoms with Crippen LogP contribution in [0.1, 0.15) is 38.8 Å². The molecule has 0 spiro atoms. The molecule has 0 radical (unpaired) electrons. The Kier molecular flexibility index (Phi) is 10.0. The molecule has 0 aliphatic heterocycles. The highest BCUT2D eigenvalue weighted by atomic mass is 79.9. The third-order valence-corrected chi connectivity index (χ3v) is 5.72. The van der Waals surface area contributed by atoms with E-state index in [-0.39, 0.29) is 18.2 Å². The molecule has 7 heteroatoms. The first-order valence-corrected chi connectivity index (χ1v) is 11.4. The van der Waals surface area contributed by atoms with Gasteiger partial charge in [0.2, 0.25) is 11.8 Å². The molecule has 168 valence electrons. The summed E-state index contributed by atoms with van der Waals surface area (Å²) in [6.45, 7) is 8.91. The van der Waals surface area contributed by atoms with E-state index >= 15 is 0 Å². The molecule has 0 saturated carbocycles. The maximum Gasteiger partial charge on any atom is 0.229 e. The second kappa shape index (κ2) is 12.5. The van der Waals surface area contributed by atoms with E-state index in [4.69, 9.17) is 4.74 Å². The largest absolute Gasteiger partial charge is 0.497 e. The minimum absolute atomic E-state index is 0.0418. The number of carbonyl (C=O) groups is 2. The summed E-state index contributed by atoms with van der Waals surface area (Å²) in [5.41, 5.74) is 1.70. The first-order chi connectivity index (χ1) is 14.9. The lowest BCUT2D eigenvalue weighted by atomic mass is 10.0. The van der Waals surface area contributed by atoms with Crippen molar-refractivity contribution < 1.29 is 14.3 Å². The summed E-state index contributed by atoms with van der Waals surface area (Å²) < 4.78 is 6.14. The maximum atomic E-state index is 13.4. The molecule has 31 heavy (non-hydrogen) atoms. The van der Waals surface area contributed by atoms with Gasteiger partial charge in [-0.3, -0.25) is 9.59 Å². The summed E-state index contributed by atoms with van der Waals surface area (Å²) in [4.78, 5) is 29.4. The molecule has 2 rings (SSSR count). The van der Waals surface area contributed by atoms with Crippen molar-refractivity contribution in [3.05, 3.63) is 58.6 Å². The molecule has 6 nitrogen and oxygen atoms in total. The van der Waals surface area contributed by atoms with Gasteiger partial charge in [0.15, 0.2) is 0 Å². The van der Waals surface area contributed by atoms with Crippen LogP contribution in [0.15, 0.2) is 53.0 Å². The van der Waals surface area contributed by atoms with E-state index in [1.165, 1.54) is 6.92 Å². The number of methoxy groups -OCH3 is 1. The van der Waals surface area contributed by atoms with E-state index in [9.17, 15) is 9.59 Å². The Morgan fingerprint density at radius 3 is 2.29 bits per heavy atom. The van der Waals surface area contributed by atoms with Gasteiger partial charge < -0.3 is 19.9 Å². The number of benzene rings is 2. The number of rotatable bonds is 11. The fourth-order valence-electron chi connectivity index (χ4n) is 3.44. The molecule has 2 aromatic rings. The predicted molar refractivity (Wildman–Crippen MR) is 128 cm³/mol. The Hall–Kier alpha value is -2.38. The Balaban J connectivity index is 2.27. The second-order valence-electron chi connectivity index (χ2n) is 7.28. The number of hydrogen-bond acceptors (Lipinski definition) is 4. The molecule has 1 unspecified atom stereocenters. The average molecular weight is 490 g/mol. The van der Waals surface area contributed by atoms with Crippen molar-refractivity contribution in [2.45, 2.75) is 33.2 Å². The number of nitrogens with zero attached hydrogens (tertiary/aromatic N) is 2. The number of likely N-dealkylation sites (N-methyl/N-ethyl adjacent to an activating group) is 1. The highest BCUT2D eigenvalue weighted by Gasteiger charge is 2.23. The van der Waals surface area contributed by atoms with Gasteiger partial charge in [0.1, 0.15) is 5.75 Å². The smallest absolute Gasteiger partial charge is 0.229 e. The topological polar surface area (TPSA) is 61.9 Å². The van der Waals surface area contributed by atoms with Crippen molar-refractivity contribution >= 4 is 33.4 Å². The van der Waals surface area contributed by atoms with Crippen LogP contribution in [0, 0.1) is 0 Å². The molecule has 0 saturated heterocycles. The van der Waals surface area contributed by atoms with Gasteiger partial charge in [-0.15, -0.1) is 0 Å². The molecule has 0 bridgehead atoms. The lowest BCUT2D eigenvalue weighted by Gasteiger charge is -2.28. The van der Waals surface area contributed by atoms with Gasteiger partial charge in [-0.25, -0.2) is 0 Å². The minimum atomic E-state index is -0.418. The van der Waals surface area contributed by atoms with Crippen LogP contribution < -0.4 is 15.0 Å². The van der Waals surface area contributed by atoms with Crippen molar-refractivity contribution in [1.29, 1.82) is 0 Å². The number of carbonyl (C=O) groups excluding carboxylic acids is 2. The monoisotopic (exact) mass is 489 g/mol. The number of anilines is 1. The van der Waals surface area contributed by atoms with Crippen LogP contribution in [0.2, 0.25) is 0 Å². The van der Waals surface area contributed by atoms with E-state index in [2.05, 4.69) is 40.0 Å². The number of ether oxygens (including phenoxy) is 1. The lowest BCUT2D eigenvalue weighted by molar-refractivity contribution is -0.121. The van der Waals surface area contributed by atoms with Gasteiger partial charge in [0, 0.05) is 30.2 Å². The molecular formula is C24H32BrN3O3. The van der Waals surface area contributed by atoms with E-state index < -0.39 is 6.04 Å². The van der Waals surface area contributed by atoms with Crippen molar-refractivity contribution in [2.24, 2.45) is 0 Å². The van der Waals surface area contributed by atoms with Crippen LogP contribution in [0.5, 0.6) is 5.75 Å². The minimum Gasteiger partial charge on any atom is -0.497 e. The van der Waals surface area contributed by atoms with E-state index in [1.807, 2.05) is 48.5 Å². The van der Waals surface area contributed by atoms with Gasteiger partial charge in [-0.2, -0.15) is 0 Å². The third kappa shape index (κ3) is 7.67. The average Bonchev–Trinajstić information content (AvgIpc) is 2.76. The van der Waals surface area contributed by atoms with Crippen molar-refractivity contribution in [2.75, 3.05) is 38.2 Å². The summed E-state index contributed by atoms with van der Waals surface area (Å²) in [7, 11) is 1.61. The van der Waals surface area contributed by atoms with Gasteiger partial charge in [-0.1, -0.05) is 48.0 Å². The quantitative estimate of drug-likeness (QED) is 0.507. The van der Waals surface area contributed by atoms with Crippen LogP contribution in [-0.2, 0) is 9.59 Å². The van der Waals surface area contributed by atoms with E-state index in [0.717, 1.165) is 41.1 Å². The van der Waals surface area contributed by atoms with E-state index in [1.54, 1.807) is 12.0 Å². The normalized spacial score (nSPS) is 11.8.